The molecule has 0 saturated carbocycles. The van der Waals surface area contributed by atoms with E-state index in [0.717, 1.165) is 0 Å². The Morgan fingerprint density at radius 1 is 1.07 bits per heavy atom. The lowest BCUT2D eigenvalue weighted by molar-refractivity contribution is 0.583. The third kappa shape index (κ3) is 3.72. The van der Waals surface area contributed by atoms with Crippen molar-refractivity contribution in [2.45, 2.75) is 24.0 Å². The van der Waals surface area contributed by atoms with Gasteiger partial charge in [0.2, 0.25) is 0 Å². The van der Waals surface area contributed by atoms with Crippen molar-refractivity contribution in [2.24, 2.45) is 0 Å². The summed E-state index contributed by atoms with van der Waals surface area (Å²) < 4.78 is 30.3. The first-order chi connectivity index (χ1) is 14.4. The zero-order valence-electron chi connectivity index (χ0n) is 16.0. The topological polar surface area (TPSA) is 123 Å². The molecule has 0 aliphatic heterocycles. The van der Waals surface area contributed by atoms with Gasteiger partial charge in [-0.3, -0.25) is 4.98 Å². The number of sulfone groups is 1. The number of nitrogens with zero attached hydrogens (tertiary/aromatic N) is 5. The van der Waals surface area contributed by atoms with Crippen LogP contribution in [-0.2, 0) is 9.84 Å². The molecule has 0 fully saturated rings. The zero-order valence-corrected chi connectivity index (χ0v) is 17.6. The number of hydrogen-bond donors (Lipinski definition) is 0. The van der Waals surface area contributed by atoms with Gasteiger partial charge in [0, 0.05) is 10.9 Å². The molecule has 0 bridgehead atoms. The van der Waals surface area contributed by atoms with Crippen LogP contribution in [0.2, 0.25) is 0 Å². The minimum Gasteiger partial charge on any atom is -0.414 e. The highest BCUT2D eigenvalue weighted by molar-refractivity contribution is 7.92. The van der Waals surface area contributed by atoms with Gasteiger partial charge in [0.25, 0.3) is 11.8 Å². The van der Waals surface area contributed by atoms with Crippen LogP contribution in [0.15, 0.2) is 57.4 Å². The van der Waals surface area contributed by atoms with Crippen molar-refractivity contribution in [1.82, 2.24) is 20.2 Å². The van der Waals surface area contributed by atoms with E-state index in [1.807, 2.05) is 0 Å². The van der Waals surface area contributed by atoms with E-state index in [9.17, 15) is 8.42 Å². The molecule has 0 N–H and O–H groups in total. The van der Waals surface area contributed by atoms with E-state index in [4.69, 9.17) is 9.68 Å². The summed E-state index contributed by atoms with van der Waals surface area (Å²) in [5.41, 5.74) is 2.18. The molecule has 0 atom stereocenters. The second-order valence-electron chi connectivity index (χ2n) is 6.63. The van der Waals surface area contributed by atoms with Crippen molar-refractivity contribution < 1.29 is 12.8 Å². The quantitative estimate of drug-likeness (QED) is 0.459. The summed E-state index contributed by atoms with van der Waals surface area (Å²) in [6.45, 7) is 3.29. The molecule has 4 rings (SSSR count). The molecule has 0 aliphatic carbocycles. The summed E-state index contributed by atoms with van der Waals surface area (Å²) in [5, 5.41) is 18.2. The molecule has 150 valence electrons. The fourth-order valence-corrected chi connectivity index (χ4v) is 4.44. The number of thiophene rings is 1. The molecule has 0 radical (unpaired) electrons. The van der Waals surface area contributed by atoms with E-state index in [-0.39, 0.29) is 10.8 Å². The minimum atomic E-state index is -3.34. The Morgan fingerprint density at radius 3 is 2.43 bits per heavy atom. The Bertz CT molecular complexity index is 1350. The van der Waals surface area contributed by atoms with Crippen LogP contribution in [0.4, 0.5) is 0 Å². The molecule has 0 aliphatic rings. The highest BCUT2D eigenvalue weighted by atomic mass is 32.2. The van der Waals surface area contributed by atoms with Crippen molar-refractivity contribution in [3.8, 4) is 39.7 Å². The summed E-state index contributed by atoms with van der Waals surface area (Å²) >= 11 is 1.34. The molecule has 10 heteroatoms. The predicted molar refractivity (Wildman–Crippen MR) is 111 cm³/mol. The minimum absolute atomic E-state index is 0.199. The van der Waals surface area contributed by atoms with Gasteiger partial charge in [-0.1, -0.05) is 12.1 Å². The van der Waals surface area contributed by atoms with E-state index in [1.54, 1.807) is 55.8 Å². The van der Waals surface area contributed by atoms with E-state index in [0.29, 0.717) is 33.3 Å². The van der Waals surface area contributed by atoms with E-state index in [2.05, 4.69) is 26.2 Å². The lowest BCUT2D eigenvalue weighted by Crippen LogP contribution is -2.13. The summed E-state index contributed by atoms with van der Waals surface area (Å²) in [7, 11) is -3.34. The SMILES string of the molecule is CC(C)S(=O)(=O)c1ccc(-c2cncc(-c3nnc(-c4cc(C#N)cs4)o3)n2)cc1. The molecular weight excluding hydrogens is 422 g/mol. The van der Waals surface area contributed by atoms with Crippen molar-refractivity contribution in [1.29, 1.82) is 5.26 Å². The standard InChI is InChI=1S/C20H15N5O3S2/c1-12(2)30(26,27)15-5-3-14(4-6-15)16-9-22-10-17(23-16)19-24-25-20(28-19)18-7-13(8-21)11-29-18/h3-7,9-12H,1-2H3. The van der Waals surface area contributed by atoms with Gasteiger partial charge in [-0.05, 0) is 32.0 Å². The highest BCUT2D eigenvalue weighted by Gasteiger charge is 2.19. The average molecular weight is 438 g/mol. The summed E-state index contributed by atoms with van der Waals surface area (Å²) in [5.74, 6) is 0.497. The lowest BCUT2D eigenvalue weighted by Gasteiger charge is -2.08. The first kappa shape index (κ1) is 19.9. The highest BCUT2D eigenvalue weighted by Crippen LogP contribution is 2.29. The van der Waals surface area contributed by atoms with E-state index < -0.39 is 15.1 Å². The Hall–Kier alpha value is -3.42. The van der Waals surface area contributed by atoms with Gasteiger partial charge >= 0.3 is 0 Å². The largest absolute Gasteiger partial charge is 0.414 e. The summed E-state index contributed by atoms with van der Waals surface area (Å²) in [4.78, 5) is 9.65. The summed E-state index contributed by atoms with van der Waals surface area (Å²) in [6, 6.07) is 10.2. The maximum Gasteiger partial charge on any atom is 0.268 e. The number of nitriles is 1. The van der Waals surface area contributed by atoms with Crippen LogP contribution in [0.25, 0.3) is 33.6 Å². The fourth-order valence-electron chi connectivity index (χ4n) is 2.63. The van der Waals surface area contributed by atoms with Crippen LogP contribution in [0, 0.1) is 11.3 Å². The van der Waals surface area contributed by atoms with Gasteiger partial charge in [-0.2, -0.15) is 5.26 Å². The van der Waals surface area contributed by atoms with Crippen LogP contribution in [0.3, 0.4) is 0 Å². The Kier molecular flexibility index (Phi) is 5.15. The Labute approximate surface area is 176 Å². The molecular formula is C20H15N5O3S2. The normalized spacial score (nSPS) is 11.5. The van der Waals surface area contributed by atoms with Crippen LogP contribution in [-0.4, -0.2) is 33.8 Å². The number of rotatable bonds is 5. The maximum absolute atomic E-state index is 12.3. The number of benzene rings is 1. The molecule has 3 aromatic heterocycles. The fraction of sp³-hybridized carbons (Fsp3) is 0.150. The molecule has 0 unspecified atom stereocenters. The maximum atomic E-state index is 12.3. The third-order valence-electron chi connectivity index (χ3n) is 4.32. The average Bonchev–Trinajstić information content (AvgIpc) is 3.43. The van der Waals surface area contributed by atoms with Gasteiger partial charge in [-0.25, -0.2) is 13.4 Å². The molecule has 3 heterocycles. The van der Waals surface area contributed by atoms with Gasteiger partial charge < -0.3 is 4.42 Å². The summed E-state index contributed by atoms with van der Waals surface area (Å²) in [6.07, 6.45) is 3.08. The monoisotopic (exact) mass is 437 g/mol. The van der Waals surface area contributed by atoms with Crippen molar-refractivity contribution >= 4 is 21.2 Å². The van der Waals surface area contributed by atoms with E-state index in [1.165, 1.54) is 17.5 Å². The Balaban J connectivity index is 1.63. The Morgan fingerprint density at radius 2 is 1.77 bits per heavy atom. The molecule has 8 nitrogen and oxygen atoms in total. The van der Waals surface area contributed by atoms with Crippen LogP contribution in [0.1, 0.15) is 19.4 Å². The van der Waals surface area contributed by atoms with Gasteiger partial charge in [0.1, 0.15) is 11.8 Å². The van der Waals surface area contributed by atoms with Crippen LogP contribution in [0.5, 0.6) is 0 Å². The van der Waals surface area contributed by atoms with E-state index >= 15 is 0 Å². The second kappa shape index (κ2) is 7.78. The zero-order chi connectivity index (χ0) is 21.3. The number of hydrogen-bond acceptors (Lipinski definition) is 9. The first-order valence-corrected chi connectivity index (χ1v) is 11.3. The van der Waals surface area contributed by atoms with Crippen molar-refractivity contribution in [3.63, 3.8) is 0 Å². The third-order valence-corrected chi connectivity index (χ3v) is 7.41. The van der Waals surface area contributed by atoms with Gasteiger partial charge in [-0.15, -0.1) is 21.5 Å². The van der Waals surface area contributed by atoms with Crippen molar-refractivity contribution in [2.75, 3.05) is 0 Å². The molecule has 0 saturated heterocycles. The molecule has 4 aromatic rings. The van der Waals surface area contributed by atoms with Gasteiger partial charge in [0.05, 0.1) is 38.7 Å². The smallest absolute Gasteiger partial charge is 0.268 e. The van der Waals surface area contributed by atoms with Crippen LogP contribution >= 0.6 is 11.3 Å². The lowest BCUT2D eigenvalue weighted by atomic mass is 10.1. The molecule has 0 amide bonds. The van der Waals surface area contributed by atoms with Crippen LogP contribution < -0.4 is 0 Å². The predicted octanol–water partition coefficient (Wildman–Crippen LogP) is 3.98. The second-order valence-corrected chi connectivity index (χ2v) is 10.0. The molecule has 30 heavy (non-hydrogen) atoms. The van der Waals surface area contributed by atoms with Crippen molar-refractivity contribution in [3.05, 3.63) is 53.7 Å². The molecule has 0 spiro atoms. The number of aromatic nitrogens is 4. The molecule has 1 aromatic carbocycles. The van der Waals surface area contributed by atoms with Gasteiger partial charge in [0.15, 0.2) is 9.84 Å². The first-order valence-electron chi connectivity index (χ1n) is 8.88.